The van der Waals surface area contributed by atoms with E-state index in [1.807, 2.05) is 17.5 Å². The molecule has 0 radical (unpaired) electrons. The summed E-state index contributed by atoms with van der Waals surface area (Å²) in [6, 6.07) is 8.85. The van der Waals surface area contributed by atoms with Crippen LogP contribution in [0.1, 0.15) is 22.2 Å². The van der Waals surface area contributed by atoms with E-state index in [0.29, 0.717) is 39.3 Å². The van der Waals surface area contributed by atoms with Crippen LogP contribution in [-0.4, -0.2) is 64.0 Å². The number of benzene rings is 1. The monoisotopic (exact) mass is 451 g/mol. The van der Waals surface area contributed by atoms with Crippen molar-refractivity contribution in [2.75, 3.05) is 32.8 Å². The Morgan fingerprint density at radius 1 is 1.17 bits per heavy atom. The van der Waals surface area contributed by atoms with Crippen LogP contribution in [0.15, 0.2) is 46.7 Å². The second-order valence-corrected chi connectivity index (χ2v) is 9.68. The molecule has 0 spiro atoms. The Morgan fingerprint density at radius 2 is 1.87 bits per heavy atom. The summed E-state index contributed by atoms with van der Waals surface area (Å²) < 4.78 is 32.6. The van der Waals surface area contributed by atoms with Gasteiger partial charge in [-0.05, 0) is 49.1 Å². The van der Waals surface area contributed by atoms with Gasteiger partial charge in [0.25, 0.3) is 5.91 Å². The van der Waals surface area contributed by atoms with Gasteiger partial charge in [-0.2, -0.15) is 0 Å². The van der Waals surface area contributed by atoms with E-state index in [1.165, 1.54) is 24.3 Å². The molecule has 1 aromatic carbocycles. The zero-order chi connectivity index (χ0) is 21.6. The first-order valence-corrected chi connectivity index (χ1v) is 12.0. The van der Waals surface area contributed by atoms with E-state index >= 15 is 0 Å². The molecule has 1 saturated heterocycles. The van der Waals surface area contributed by atoms with Crippen LogP contribution < -0.4 is 10.0 Å². The summed E-state index contributed by atoms with van der Waals surface area (Å²) in [6.07, 6.45) is 0.618. The predicted octanol–water partition coefficient (Wildman–Crippen LogP) is 1.25. The fraction of sp³-hybridized carbons (Fsp3) is 0.400. The lowest BCUT2D eigenvalue weighted by Crippen LogP contribution is -2.50. The molecular weight excluding hydrogens is 426 g/mol. The lowest BCUT2D eigenvalue weighted by Gasteiger charge is -2.29. The van der Waals surface area contributed by atoms with Gasteiger partial charge in [-0.25, -0.2) is 13.1 Å². The molecule has 0 saturated carbocycles. The van der Waals surface area contributed by atoms with Crippen molar-refractivity contribution in [1.29, 1.82) is 0 Å². The number of morpholine rings is 1. The third kappa shape index (κ3) is 5.88. The Kier molecular flexibility index (Phi) is 7.59. The standard InChI is InChI=1S/C20H25N3O5S2/c1-15(20(25)23-10-12-28-13-11-23)22-19(24)16-4-6-18(7-5-16)30(26,27)21-9-8-17-3-2-14-29-17/h2-7,14-15,21H,8-13H2,1H3,(H,22,24). The topological polar surface area (TPSA) is 105 Å². The van der Waals surface area contributed by atoms with Gasteiger partial charge in [0, 0.05) is 30.1 Å². The molecule has 2 heterocycles. The summed E-state index contributed by atoms with van der Waals surface area (Å²) in [5, 5.41) is 4.61. The average Bonchev–Trinajstić information content (AvgIpc) is 3.27. The molecule has 30 heavy (non-hydrogen) atoms. The third-order valence-electron chi connectivity index (χ3n) is 4.71. The summed E-state index contributed by atoms with van der Waals surface area (Å²) in [5.41, 5.74) is 0.286. The molecule has 10 heteroatoms. The molecule has 1 unspecified atom stereocenters. The van der Waals surface area contributed by atoms with E-state index in [2.05, 4.69) is 10.0 Å². The summed E-state index contributed by atoms with van der Waals surface area (Å²) in [4.78, 5) is 27.7. The molecule has 1 aliphatic rings. The van der Waals surface area contributed by atoms with Gasteiger partial charge < -0.3 is 15.0 Å². The molecule has 1 fully saturated rings. The second-order valence-electron chi connectivity index (χ2n) is 6.88. The van der Waals surface area contributed by atoms with Gasteiger partial charge in [0.15, 0.2) is 0 Å². The van der Waals surface area contributed by atoms with Crippen molar-refractivity contribution in [2.45, 2.75) is 24.3 Å². The summed E-state index contributed by atoms with van der Waals surface area (Å²) >= 11 is 1.58. The molecule has 1 aliphatic heterocycles. The number of sulfonamides is 1. The Labute approximate surface area is 180 Å². The van der Waals surface area contributed by atoms with E-state index in [-0.39, 0.29) is 16.4 Å². The fourth-order valence-corrected chi connectivity index (χ4v) is 4.77. The highest BCUT2D eigenvalue weighted by Crippen LogP contribution is 2.12. The number of carbonyl (C=O) groups is 2. The molecule has 8 nitrogen and oxygen atoms in total. The number of hydrogen-bond donors (Lipinski definition) is 2. The molecule has 2 N–H and O–H groups in total. The van der Waals surface area contributed by atoms with Gasteiger partial charge in [-0.15, -0.1) is 11.3 Å². The first-order chi connectivity index (χ1) is 14.4. The van der Waals surface area contributed by atoms with Gasteiger partial charge >= 0.3 is 0 Å². The second kappa shape index (κ2) is 10.2. The first kappa shape index (κ1) is 22.4. The molecule has 162 valence electrons. The van der Waals surface area contributed by atoms with Crippen LogP contribution in [0.2, 0.25) is 0 Å². The predicted molar refractivity (Wildman–Crippen MR) is 114 cm³/mol. The highest BCUT2D eigenvalue weighted by molar-refractivity contribution is 7.89. The third-order valence-corrected chi connectivity index (χ3v) is 7.12. The van der Waals surface area contributed by atoms with Crippen LogP contribution in [0.25, 0.3) is 0 Å². The van der Waals surface area contributed by atoms with E-state index < -0.39 is 22.0 Å². The normalized spacial score (nSPS) is 15.6. The number of thiophene rings is 1. The van der Waals surface area contributed by atoms with E-state index in [9.17, 15) is 18.0 Å². The minimum absolute atomic E-state index is 0.0858. The number of nitrogens with zero attached hydrogens (tertiary/aromatic N) is 1. The summed E-state index contributed by atoms with van der Waals surface area (Å²) in [6.45, 7) is 3.92. The zero-order valence-electron chi connectivity index (χ0n) is 16.7. The van der Waals surface area contributed by atoms with Crippen LogP contribution in [0.4, 0.5) is 0 Å². The summed E-state index contributed by atoms with van der Waals surface area (Å²) in [5.74, 6) is -0.598. The van der Waals surface area contributed by atoms with Crippen LogP contribution >= 0.6 is 11.3 Å². The van der Waals surface area contributed by atoms with E-state index in [0.717, 1.165) is 4.88 Å². The van der Waals surface area contributed by atoms with Crippen LogP contribution in [0.5, 0.6) is 0 Å². The minimum atomic E-state index is -3.66. The Morgan fingerprint density at radius 3 is 2.50 bits per heavy atom. The largest absolute Gasteiger partial charge is 0.378 e. The van der Waals surface area contributed by atoms with Gasteiger partial charge in [-0.3, -0.25) is 9.59 Å². The molecule has 1 atom stereocenters. The Hall–Kier alpha value is -2.27. The van der Waals surface area contributed by atoms with Crippen molar-refractivity contribution in [3.05, 3.63) is 52.2 Å². The number of rotatable bonds is 8. The maximum atomic E-state index is 12.4. The zero-order valence-corrected chi connectivity index (χ0v) is 18.3. The quantitative estimate of drug-likeness (QED) is 0.629. The van der Waals surface area contributed by atoms with Crippen molar-refractivity contribution < 1.29 is 22.7 Å². The highest BCUT2D eigenvalue weighted by atomic mass is 32.2. The van der Waals surface area contributed by atoms with Crippen molar-refractivity contribution >= 4 is 33.2 Å². The van der Waals surface area contributed by atoms with Crippen LogP contribution in [0, 0.1) is 0 Å². The van der Waals surface area contributed by atoms with E-state index in [1.54, 1.807) is 23.2 Å². The fourth-order valence-electron chi connectivity index (χ4n) is 3.03. The van der Waals surface area contributed by atoms with Crippen LogP contribution in [-0.2, 0) is 26.0 Å². The van der Waals surface area contributed by atoms with Crippen molar-refractivity contribution in [3.8, 4) is 0 Å². The number of hydrogen-bond acceptors (Lipinski definition) is 6. The smallest absolute Gasteiger partial charge is 0.251 e. The summed E-state index contributed by atoms with van der Waals surface area (Å²) in [7, 11) is -3.66. The number of carbonyl (C=O) groups excluding carboxylic acids is 2. The van der Waals surface area contributed by atoms with Crippen LogP contribution in [0.3, 0.4) is 0 Å². The van der Waals surface area contributed by atoms with Gasteiger partial charge in [0.2, 0.25) is 15.9 Å². The van der Waals surface area contributed by atoms with Crippen molar-refractivity contribution in [3.63, 3.8) is 0 Å². The number of nitrogens with one attached hydrogen (secondary N) is 2. The molecule has 2 aromatic rings. The van der Waals surface area contributed by atoms with Gasteiger partial charge in [0.05, 0.1) is 18.1 Å². The molecule has 0 aliphatic carbocycles. The maximum Gasteiger partial charge on any atom is 0.251 e. The Bertz CT molecular complexity index is 953. The Balaban J connectivity index is 1.54. The molecule has 0 bridgehead atoms. The first-order valence-electron chi connectivity index (χ1n) is 9.66. The highest BCUT2D eigenvalue weighted by Gasteiger charge is 2.24. The average molecular weight is 452 g/mol. The maximum absolute atomic E-state index is 12.4. The number of amides is 2. The molecule has 1 aromatic heterocycles. The van der Waals surface area contributed by atoms with Gasteiger partial charge in [0.1, 0.15) is 6.04 Å². The van der Waals surface area contributed by atoms with Gasteiger partial charge in [-0.1, -0.05) is 6.07 Å². The molecule has 2 amide bonds. The number of ether oxygens (including phenoxy) is 1. The van der Waals surface area contributed by atoms with Crippen molar-refractivity contribution in [1.82, 2.24) is 14.9 Å². The van der Waals surface area contributed by atoms with E-state index in [4.69, 9.17) is 4.74 Å². The minimum Gasteiger partial charge on any atom is -0.378 e. The lowest BCUT2D eigenvalue weighted by atomic mass is 10.2. The van der Waals surface area contributed by atoms with Crippen molar-refractivity contribution in [2.24, 2.45) is 0 Å². The lowest BCUT2D eigenvalue weighted by molar-refractivity contribution is -0.136. The SMILES string of the molecule is CC(NC(=O)c1ccc(S(=O)(=O)NCCc2cccs2)cc1)C(=O)N1CCOCC1. The molecular formula is C20H25N3O5S2. The molecule has 3 rings (SSSR count).